The van der Waals surface area contributed by atoms with Gasteiger partial charge in [0, 0.05) is 5.56 Å². The number of nitrogens with zero attached hydrogens (tertiary/aromatic N) is 2. The lowest BCUT2D eigenvalue weighted by Crippen LogP contribution is -2.04. The van der Waals surface area contributed by atoms with Crippen molar-refractivity contribution in [3.8, 4) is 11.5 Å². The van der Waals surface area contributed by atoms with Crippen molar-refractivity contribution in [2.75, 3.05) is 0 Å². The van der Waals surface area contributed by atoms with Crippen LogP contribution in [0.5, 0.6) is 0 Å². The van der Waals surface area contributed by atoms with E-state index in [0.29, 0.717) is 0 Å². The van der Waals surface area contributed by atoms with Crippen molar-refractivity contribution in [2.45, 2.75) is 6.18 Å². The highest BCUT2D eigenvalue weighted by Crippen LogP contribution is 2.31. The Morgan fingerprint density at radius 2 is 2.00 bits per heavy atom. The second-order valence-corrected chi connectivity index (χ2v) is 2.82. The highest BCUT2D eigenvalue weighted by atomic mass is 19.4. The van der Waals surface area contributed by atoms with E-state index in [2.05, 4.69) is 10.2 Å². The van der Waals surface area contributed by atoms with Gasteiger partial charge in [-0.1, -0.05) is 6.07 Å². The molecule has 0 N–H and O–H groups in total. The molecule has 1 aromatic carbocycles. The van der Waals surface area contributed by atoms with Crippen LogP contribution >= 0.6 is 0 Å². The molecular weight excluding hydrogens is 209 g/mol. The summed E-state index contributed by atoms with van der Waals surface area (Å²) >= 11 is 0. The molecule has 0 atom stereocenters. The third-order valence-corrected chi connectivity index (χ3v) is 1.80. The molecule has 1 aromatic heterocycles. The van der Waals surface area contributed by atoms with Gasteiger partial charge in [-0.3, -0.25) is 0 Å². The molecule has 78 valence electrons. The fraction of sp³-hybridized carbons (Fsp3) is 0.111. The molecule has 3 nitrogen and oxygen atoms in total. The zero-order chi connectivity index (χ0) is 10.9. The van der Waals surface area contributed by atoms with Crippen molar-refractivity contribution < 1.29 is 17.6 Å². The zero-order valence-corrected chi connectivity index (χ0v) is 7.32. The first kappa shape index (κ1) is 9.70. The molecule has 0 unspecified atom stereocenters. The third-order valence-electron chi connectivity index (χ3n) is 1.80. The molecule has 0 amide bonds. The number of halogens is 3. The minimum atomic E-state index is -4.37. The van der Waals surface area contributed by atoms with Crippen LogP contribution in [0.3, 0.4) is 0 Å². The van der Waals surface area contributed by atoms with Crippen LogP contribution in [0.15, 0.2) is 35.1 Å². The predicted molar refractivity (Wildman–Crippen MR) is 44.7 cm³/mol. The maximum absolute atomic E-state index is 12.3. The fourth-order valence-corrected chi connectivity index (χ4v) is 1.13. The Hall–Kier alpha value is -1.85. The molecule has 0 aliphatic rings. The molecule has 2 aromatic rings. The number of hydrogen-bond acceptors (Lipinski definition) is 3. The Kier molecular flexibility index (Phi) is 2.18. The second kappa shape index (κ2) is 3.38. The number of rotatable bonds is 1. The van der Waals surface area contributed by atoms with Crippen LogP contribution in [0, 0.1) is 0 Å². The van der Waals surface area contributed by atoms with Crippen LogP contribution in [-0.2, 0) is 6.18 Å². The van der Waals surface area contributed by atoms with E-state index in [1.807, 2.05) is 0 Å². The maximum atomic E-state index is 12.3. The van der Waals surface area contributed by atoms with E-state index in [1.165, 1.54) is 12.1 Å². The third kappa shape index (κ3) is 1.98. The minimum absolute atomic E-state index is 0.0705. The number of benzene rings is 1. The van der Waals surface area contributed by atoms with Crippen LogP contribution in [0.25, 0.3) is 11.5 Å². The van der Waals surface area contributed by atoms with Crippen LogP contribution < -0.4 is 0 Å². The van der Waals surface area contributed by atoms with Gasteiger partial charge in [0.05, 0.1) is 5.56 Å². The van der Waals surface area contributed by atoms with E-state index in [1.54, 1.807) is 0 Å². The van der Waals surface area contributed by atoms with Crippen molar-refractivity contribution in [3.05, 3.63) is 36.2 Å². The lowest BCUT2D eigenvalue weighted by Gasteiger charge is -2.06. The Morgan fingerprint density at radius 3 is 2.60 bits per heavy atom. The summed E-state index contributed by atoms with van der Waals surface area (Å²) in [6.45, 7) is 0. The Morgan fingerprint density at radius 1 is 1.20 bits per heavy atom. The van der Waals surface area contributed by atoms with E-state index in [4.69, 9.17) is 4.42 Å². The molecule has 15 heavy (non-hydrogen) atoms. The van der Waals surface area contributed by atoms with Gasteiger partial charge >= 0.3 is 6.18 Å². The lowest BCUT2D eigenvalue weighted by atomic mass is 10.1. The fourth-order valence-electron chi connectivity index (χ4n) is 1.13. The normalized spacial score (nSPS) is 11.7. The van der Waals surface area contributed by atoms with Gasteiger partial charge in [0.1, 0.15) is 0 Å². The molecule has 0 radical (unpaired) electrons. The average molecular weight is 214 g/mol. The molecule has 1 heterocycles. The lowest BCUT2D eigenvalue weighted by molar-refractivity contribution is -0.137. The number of aromatic nitrogens is 2. The molecule has 0 fully saturated rings. The summed E-state index contributed by atoms with van der Waals surface area (Å²) in [4.78, 5) is 0. The topological polar surface area (TPSA) is 38.9 Å². The van der Waals surface area contributed by atoms with Crippen molar-refractivity contribution >= 4 is 0 Å². The summed E-state index contributed by atoms with van der Waals surface area (Å²) in [7, 11) is 0. The van der Waals surface area contributed by atoms with Crippen molar-refractivity contribution in [1.29, 1.82) is 0 Å². The standard InChI is InChI=1S/C9H5F3N2O/c10-9(11,12)7-3-1-2-6(4-7)8-14-13-5-15-8/h1-5H. The zero-order valence-electron chi connectivity index (χ0n) is 7.32. The van der Waals surface area contributed by atoms with E-state index in [9.17, 15) is 13.2 Å². The maximum Gasteiger partial charge on any atom is 0.416 e. The highest BCUT2D eigenvalue weighted by molar-refractivity contribution is 5.53. The van der Waals surface area contributed by atoms with Crippen molar-refractivity contribution in [2.24, 2.45) is 0 Å². The molecule has 6 heteroatoms. The number of hydrogen-bond donors (Lipinski definition) is 0. The highest BCUT2D eigenvalue weighted by Gasteiger charge is 2.30. The Bertz CT molecular complexity index is 451. The molecule has 0 aliphatic carbocycles. The van der Waals surface area contributed by atoms with E-state index in [-0.39, 0.29) is 11.5 Å². The van der Waals surface area contributed by atoms with Crippen molar-refractivity contribution in [1.82, 2.24) is 10.2 Å². The molecule has 0 spiro atoms. The smallest absolute Gasteiger partial charge is 0.416 e. The van der Waals surface area contributed by atoms with Crippen LogP contribution in [0.2, 0.25) is 0 Å². The van der Waals surface area contributed by atoms with Gasteiger partial charge in [-0.2, -0.15) is 13.2 Å². The van der Waals surface area contributed by atoms with Gasteiger partial charge in [0.15, 0.2) is 0 Å². The first-order valence-corrected chi connectivity index (χ1v) is 4.01. The molecule has 0 bridgehead atoms. The summed E-state index contributed by atoms with van der Waals surface area (Å²) in [6.07, 6.45) is -3.30. The van der Waals surface area contributed by atoms with Gasteiger partial charge in [0.25, 0.3) is 0 Å². The largest absolute Gasteiger partial charge is 0.423 e. The Balaban J connectivity index is 2.44. The van der Waals surface area contributed by atoms with E-state index >= 15 is 0 Å². The van der Waals surface area contributed by atoms with Gasteiger partial charge in [-0.25, -0.2) is 0 Å². The molecule has 0 saturated heterocycles. The molecule has 0 saturated carbocycles. The summed E-state index contributed by atoms with van der Waals surface area (Å²) < 4.78 is 41.8. The van der Waals surface area contributed by atoms with Crippen LogP contribution in [0.4, 0.5) is 13.2 Å². The molecule has 2 rings (SSSR count). The molecule has 0 aliphatic heterocycles. The van der Waals surface area contributed by atoms with Gasteiger partial charge in [-0.05, 0) is 18.2 Å². The molecular formula is C9H5F3N2O. The summed E-state index contributed by atoms with van der Waals surface area (Å²) in [5.41, 5.74) is -0.486. The van der Waals surface area contributed by atoms with E-state index < -0.39 is 11.7 Å². The monoisotopic (exact) mass is 214 g/mol. The first-order valence-electron chi connectivity index (χ1n) is 4.01. The van der Waals surface area contributed by atoms with Gasteiger partial charge in [0.2, 0.25) is 12.3 Å². The average Bonchev–Trinajstić information content (AvgIpc) is 2.69. The van der Waals surface area contributed by atoms with Crippen LogP contribution in [0.1, 0.15) is 5.56 Å². The van der Waals surface area contributed by atoms with Crippen molar-refractivity contribution in [3.63, 3.8) is 0 Å². The van der Waals surface area contributed by atoms with Gasteiger partial charge < -0.3 is 4.42 Å². The first-order chi connectivity index (χ1) is 7.07. The van der Waals surface area contributed by atoms with Crippen LogP contribution in [-0.4, -0.2) is 10.2 Å². The summed E-state index contributed by atoms with van der Waals surface area (Å²) in [6, 6.07) is 4.72. The SMILES string of the molecule is FC(F)(F)c1cccc(-c2nnco2)c1. The number of alkyl halides is 3. The Labute approximate surface area is 82.6 Å². The predicted octanol–water partition coefficient (Wildman–Crippen LogP) is 2.76. The second-order valence-electron chi connectivity index (χ2n) is 2.82. The summed E-state index contributed by atoms with van der Waals surface area (Å²) in [5, 5.41) is 6.92. The summed E-state index contributed by atoms with van der Waals surface area (Å²) in [5.74, 6) is 0.0705. The van der Waals surface area contributed by atoms with E-state index in [0.717, 1.165) is 18.5 Å². The minimum Gasteiger partial charge on any atom is -0.423 e. The quantitative estimate of drug-likeness (QED) is 0.732. The van der Waals surface area contributed by atoms with Gasteiger partial charge in [-0.15, -0.1) is 10.2 Å².